The first-order chi connectivity index (χ1) is 9.54. The summed E-state index contributed by atoms with van der Waals surface area (Å²) < 4.78 is 0. The van der Waals surface area contributed by atoms with Crippen LogP contribution in [0.15, 0.2) is 18.2 Å². The fourth-order valence-corrected chi connectivity index (χ4v) is 4.30. The van der Waals surface area contributed by atoms with Crippen LogP contribution in [-0.4, -0.2) is 13.0 Å². The summed E-state index contributed by atoms with van der Waals surface area (Å²) in [6.07, 6.45) is 7.67. The van der Waals surface area contributed by atoms with E-state index in [0.29, 0.717) is 0 Å². The largest absolute Gasteiger partial charge is 0.314 e. The summed E-state index contributed by atoms with van der Waals surface area (Å²) >= 11 is 0. The van der Waals surface area contributed by atoms with E-state index in [-0.39, 0.29) is 11.3 Å². The molecule has 2 aliphatic rings. The number of benzene rings is 1. The number of nitrogens with zero attached hydrogens (tertiary/aromatic N) is 1. The zero-order valence-electron chi connectivity index (χ0n) is 12.9. The van der Waals surface area contributed by atoms with Gasteiger partial charge in [0.1, 0.15) is 0 Å². The molecule has 0 N–H and O–H groups in total. The molecule has 1 aromatic rings. The lowest BCUT2D eigenvalue weighted by atomic mass is 9.72. The fraction of sp³-hybridized carbons (Fsp3) is 0.611. The molecule has 108 valence electrons. The summed E-state index contributed by atoms with van der Waals surface area (Å²) in [5.74, 6) is 1.00. The van der Waals surface area contributed by atoms with E-state index in [1.54, 1.807) is 0 Å². The summed E-state index contributed by atoms with van der Waals surface area (Å²) in [5.41, 5.74) is 3.30. The highest BCUT2D eigenvalue weighted by Gasteiger charge is 2.47. The van der Waals surface area contributed by atoms with Crippen LogP contribution in [0.3, 0.4) is 0 Å². The molecule has 0 bridgehead atoms. The number of carbonyl (C=O) groups excluding carboxylic acids is 1. The maximum atomic E-state index is 12.8. The van der Waals surface area contributed by atoms with Gasteiger partial charge in [-0.05, 0) is 37.3 Å². The van der Waals surface area contributed by atoms with Crippen molar-refractivity contribution in [3.63, 3.8) is 0 Å². The number of amides is 1. The standard InChI is InChI=1S/C18H25NO/c1-13-8-7-11-15-16(13)19(3)17(20)18(15,2)12-14-9-5-4-6-10-14/h7-8,11,14H,4-6,9-10,12H2,1-3H3. The van der Waals surface area contributed by atoms with E-state index in [1.165, 1.54) is 43.2 Å². The molecule has 1 saturated carbocycles. The Morgan fingerprint density at radius 1 is 1.25 bits per heavy atom. The van der Waals surface area contributed by atoms with E-state index in [4.69, 9.17) is 0 Å². The van der Waals surface area contributed by atoms with Gasteiger partial charge in [-0.3, -0.25) is 4.79 Å². The number of fused-ring (bicyclic) bond motifs is 1. The van der Waals surface area contributed by atoms with Gasteiger partial charge in [0, 0.05) is 7.05 Å². The van der Waals surface area contributed by atoms with Crippen molar-refractivity contribution in [2.45, 2.75) is 57.8 Å². The fourth-order valence-electron chi connectivity index (χ4n) is 4.30. The van der Waals surface area contributed by atoms with Gasteiger partial charge in [0.25, 0.3) is 0 Å². The van der Waals surface area contributed by atoms with Crippen LogP contribution in [0.25, 0.3) is 0 Å². The minimum Gasteiger partial charge on any atom is -0.314 e. The summed E-state index contributed by atoms with van der Waals surface area (Å²) in [6, 6.07) is 6.36. The quantitative estimate of drug-likeness (QED) is 0.789. The smallest absolute Gasteiger partial charge is 0.237 e. The number of hydrogen-bond donors (Lipinski definition) is 0. The van der Waals surface area contributed by atoms with Crippen molar-refractivity contribution in [1.82, 2.24) is 0 Å². The van der Waals surface area contributed by atoms with Crippen LogP contribution in [0.4, 0.5) is 5.69 Å². The van der Waals surface area contributed by atoms with E-state index in [9.17, 15) is 4.79 Å². The van der Waals surface area contributed by atoms with Crippen molar-refractivity contribution in [2.75, 3.05) is 11.9 Å². The Morgan fingerprint density at radius 2 is 1.95 bits per heavy atom. The van der Waals surface area contributed by atoms with Crippen molar-refractivity contribution in [3.05, 3.63) is 29.3 Å². The predicted octanol–water partition coefficient (Wildman–Crippen LogP) is 4.20. The van der Waals surface area contributed by atoms with E-state index >= 15 is 0 Å². The lowest BCUT2D eigenvalue weighted by molar-refractivity contribution is -0.123. The molecule has 20 heavy (non-hydrogen) atoms. The first-order valence-electron chi connectivity index (χ1n) is 7.92. The zero-order chi connectivity index (χ0) is 14.3. The Hall–Kier alpha value is -1.31. The van der Waals surface area contributed by atoms with Crippen LogP contribution in [0.1, 0.15) is 56.6 Å². The average molecular weight is 271 g/mol. The minimum absolute atomic E-state index is 0.285. The second-order valence-corrected chi connectivity index (χ2v) is 6.88. The van der Waals surface area contributed by atoms with Gasteiger partial charge in [-0.15, -0.1) is 0 Å². The van der Waals surface area contributed by atoms with Crippen LogP contribution in [0.5, 0.6) is 0 Å². The second kappa shape index (κ2) is 4.91. The summed E-state index contributed by atoms with van der Waals surface area (Å²) in [5, 5.41) is 0. The highest BCUT2D eigenvalue weighted by Crippen LogP contribution is 2.47. The highest BCUT2D eigenvalue weighted by molar-refractivity contribution is 6.08. The summed E-state index contributed by atoms with van der Waals surface area (Å²) in [6.45, 7) is 4.26. The van der Waals surface area contributed by atoms with Crippen molar-refractivity contribution in [1.29, 1.82) is 0 Å². The lowest BCUT2D eigenvalue weighted by Crippen LogP contribution is -2.38. The molecule has 2 heteroatoms. The number of carbonyl (C=O) groups is 1. The van der Waals surface area contributed by atoms with Gasteiger partial charge in [-0.25, -0.2) is 0 Å². The van der Waals surface area contributed by atoms with Gasteiger partial charge >= 0.3 is 0 Å². The Bertz CT molecular complexity index is 530. The molecule has 1 aliphatic carbocycles. The Morgan fingerprint density at radius 3 is 2.65 bits per heavy atom. The number of para-hydroxylation sites is 1. The molecule has 1 amide bonds. The van der Waals surface area contributed by atoms with Crippen molar-refractivity contribution >= 4 is 11.6 Å². The number of likely N-dealkylation sites (N-methyl/N-ethyl adjacent to an activating group) is 1. The molecule has 1 aromatic carbocycles. The monoisotopic (exact) mass is 271 g/mol. The molecule has 1 atom stereocenters. The molecule has 2 nitrogen and oxygen atoms in total. The summed E-state index contributed by atoms with van der Waals surface area (Å²) in [4.78, 5) is 14.7. The van der Waals surface area contributed by atoms with Gasteiger partial charge in [0.05, 0.1) is 11.1 Å². The third-order valence-electron chi connectivity index (χ3n) is 5.37. The first kappa shape index (κ1) is 13.7. The van der Waals surface area contributed by atoms with Gasteiger partial charge in [0.2, 0.25) is 5.91 Å². The number of rotatable bonds is 2. The molecule has 0 saturated heterocycles. The third kappa shape index (κ3) is 1.97. The molecule has 1 aliphatic heterocycles. The zero-order valence-corrected chi connectivity index (χ0v) is 12.9. The Balaban J connectivity index is 1.96. The SMILES string of the molecule is Cc1cccc2c1N(C)C(=O)C2(C)CC1CCCCC1. The molecular weight excluding hydrogens is 246 g/mol. The van der Waals surface area contributed by atoms with Crippen molar-refractivity contribution in [2.24, 2.45) is 5.92 Å². The van der Waals surface area contributed by atoms with Crippen LogP contribution < -0.4 is 4.90 Å². The van der Waals surface area contributed by atoms with Gasteiger partial charge in [0.15, 0.2) is 0 Å². The van der Waals surface area contributed by atoms with Gasteiger partial charge in [-0.1, -0.05) is 50.3 Å². The first-order valence-corrected chi connectivity index (χ1v) is 7.92. The summed E-state index contributed by atoms with van der Waals surface area (Å²) in [7, 11) is 1.93. The molecule has 1 unspecified atom stereocenters. The number of anilines is 1. The van der Waals surface area contributed by atoms with Crippen LogP contribution in [0.2, 0.25) is 0 Å². The third-order valence-corrected chi connectivity index (χ3v) is 5.37. The van der Waals surface area contributed by atoms with E-state index in [1.807, 2.05) is 11.9 Å². The maximum absolute atomic E-state index is 12.8. The van der Waals surface area contributed by atoms with Crippen molar-refractivity contribution in [3.8, 4) is 0 Å². The van der Waals surface area contributed by atoms with Crippen LogP contribution in [-0.2, 0) is 10.2 Å². The number of aryl methyl sites for hydroxylation is 1. The molecule has 0 aromatic heterocycles. The van der Waals surface area contributed by atoms with E-state index in [2.05, 4.69) is 32.0 Å². The van der Waals surface area contributed by atoms with E-state index in [0.717, 1.165) is 18.0 Å². The van der Waals surface area contributed by atoms with Crippen LogP contribution >= 0.6 is 0 Å². The normalized spacial score (nSPS) is 26.9. The highest BCUT2D eigenvalue weighted by atomic mass is 16.2. The second-order valence-electron chi connectivity index (χ2n) is 6.88. The molecule has 1 fully saturated rings. The molecule has 3 rings (SSSR count). The minimum atomic E-state index is -0.307. The Kier molecular flexibility index (Phi) is 3.35. The lowest BCUT2D eigenvalue weighted by Gasteiger charge is -2.30. The Labute approximate surface area is 122 Å². The predicted molar refractivity (Wildman–Crippen MR) is 83.1 cm³/mol. The molecular formula is C18H25NO. The van der Waals surface area contributed by atoms with Gasteiger partial charge < -0.3 is 4.90 Å². The maximum Gasteiger partial charge on any atom is 0.237 e. The van der Waals surface area contributed by atoms with Crippen LogP contribution in [0, 0.1) is 12.8 Å². The number of hydrogen-bond acceptors (Lipinski definition) is 1. The average Bonchev–Trinajstić information content (AvgIpc) is 2.63. The topological polar surface area (TPSA) is 20.3 Å². The van der Waals surface area contributed by atoms with Gasteiger partial charge in [-0.2, -0.15) is 0 Å². The molecule has 0 radical (unpaired) electrons. The van der Waals surface area contributed by atoms with Crippen molar-refractivity contribution < 1.29 is 4.79 Å². The molecule has 0 spiro atoms. The molecule has 1 heterocycles. The van der Waals surface area contributed by atoms with E-state index < -0.39 is 0 Å².